The van der Waals surface area contributed by atoms with Crippen molar-refractivity contribution in [2.75, 3.05) is 5.32 Å². The second kappa shape index (κ2) is 8.97. The maximum Gasteiger partial charge on any atom is 0.404 e. The molecule has 3 heterocycles. The van der Waals surface area contributed by atoms with Crippen LogP contribution in [0.1, 0.15) is 42.4 Å². The molecule has 0 spiro atoms. The van der Waals surface area contributed by atoms with E-state index in [1.807, 2.05) is 0 Å². The molecule has 0 fully saturated rings. The van der Waals surface area contributed by atoms with E-state index >= 15 is 0 Å². The summed E-state index contributed by atoms with van der Waals surface area (Å²) in [5, 5.41) is 2.29. The molecule has 31 heavy (non-hydrogen) atoms. The molecular formula is C18H19Cl2F3N4O3S. The number of alkyl halides is 3. The van der Waals surface area contributed by atoms with Gasteiger partial charge in [-0.1, -0.05) is 29.6 Å². The van der Waals surface area contributed by atoms with Crippen LogP contribution in [0.5, 0.6) is 0 Å². The SMILES string of the molecule is C[C@@H](NS(=O)(=O)c1c(Cl)c(C(=O)Nc2ccnc(Cl)c2)n2c1CCCCC2)C(F)(F)F. The second-order valence-electron chi connectivity index (χ2n) is 7.11. The summed E-state index contributed by atoms with van der Waals surface area (Å²) in [5.74, 6) is -0.708. The summed E-state index contributed by atoms with van der Waals surface area (Å²) in [7, 11) is -4.66. The summed E-state index contributed by atoms with van der Waals surface area (Å²) in [6, 6.07) is 0.545. The fraction of sp³-hybridized carbons (Fsp3) is 0.444. The van der Waals surface area contributed by atoms with Gasteiger partial charge in [0.2, 0.25) is 10.0 Å². The van der Waals surface area contributed by atoms with E-state index in [1.54, 1.807) is 4.72 Å². The van der Waals surface area contributed by atoms with Gasteiger partial charge in [-0.2, -0.15) is 17.9 Å². The fourth-order valence-electron chi connectivity index (χ4n) is 3.37. The lowest BCUT2D eigenvalue weighted by Crippen LogP contribution is -2.43. The zero-order valence-corrected chi connectivity index (χ0v) is 18.6. The molecule has 0 saturated carbocycles. The average Bonchev–Trinajstić information content (AvgIpc) is 2.76. The number of fused-ring (bicyclic) bond motifs is 1. The van der Waals surface area contributed by atoms with Gasteiger partial charge in [0.1, 0.15) is 21.8 Å². The van der Waals surface area contributed by atoms with Crippen LogP contribution in [0.3, 0.4) is 0 Å². The Hall–Kier alpha value is -1.82. The summed E-state index contributed by atoms with van der Waals surface area (Å²) >= 11 is 12.1. The first-order chi connectivity index (χ1) is 14.4. The maximum absolute atomic E-state index is 13.0. The number of carbonyl (C=O) groups excluding carboxylic acids is 1. The Bertz CT molecular complexity index is 1100. The Balaban J connectivity index is 2.07. The van der Waals surface area contributed by atoms with Crippen molar-refractivity contribution in [3.63, 3.8) is 0 Å². The Labute approximate surface area is 187 Å². The van der Waals surface area contributed by atoms with Gasteiger partial charge in [-0.25, -0.2) is 13.4 Å². The van der Waals surface area contributed by atoms with Crippen LogP contribution in [0.15, 0.2) is 23.2 Å². The van der Waals surface area contributed by atoms with Crippen molar-refractivity contribution >= 4 is 44.8 Å². The smallest absolute Gasteiger partial charge is 0.338 e. The van der Waals surface area contributed by atoms with Gasteiger partial charge in [-0.05, 0) is 38.3 Å². The van der Waals surface area contributed by atoms with Crippen LogP contribution in [0, 0.1) is 0 Å². The highest BCUT2D eigenvalue weighted by Crippen LogP contribution is 2.36. The predicted octanol–water partition coefficient (Wildman–Crippen LogP) is 4.40. The van der Waals surface area contributed by atoms with E-state index < -0.39 is 38.1 Å². The molecule has 0 bridgehead atoms. The molecule has 170 valence electrons. The number of pyridine rings is 1. The molecule has 0 radical (unpaired) electrons. The highest BCUT2D eigenvalue weighted by atomic mass is 35.5. The van der Waals surface area contributed by atoms with Crippen LogP contribution < -0.4 is 10.0 Å². The summed E-state index contributed by atoms with van der Waals surface area (Å²) in [5.41, 5.74) is 0.382. The number of aromatic nitrogens is 2. The lowest BCUT2D eigenvalue weighted by atomic mass is 10.2. The van der Waals surface area contributed by atoms with Gasteiger partial charge >= 0.3 is 6.18 Å². The summed E-state index contributed by atoms with van der Waals surface area (Å²) < 4.78 is 67.7. The van der Waals surface area contributed by atoms with Gasteiger partial charge in [0.25, 0.3) is 5.91 Å². The molecule has 2 aromatic heterocycles. The van der Waals surface area contributed by atoms with Gasteiger partial charge in [0, 0.05) is 24.1 Å². The van der Waals surface area contributed by atoms with E-state index in [9.17, 15) is 26.4 Å². The lowest BCUT2D eigenvalue weighted by molar-refractivity contribution is -0.147. The molecule has 2 aromatic rings. The van der Waals surface area contributed by atoms with Crippen molar-refractivity contribution in [2.45, 2.75) is 56.3 Å². The molecule has 1 aliphatic rings. The number of hydrogen-bond acceptors (Lipinski definition) is 4. The Morgan fingerprint density at radius 1 is 1.26 bits per heavy atom. The van der Waals surface area contributed by atoms with E-state index in [1.165, 1.54) is 22.9 Å². The quantitative estimate of drug-likeness (QED) is 0.597. The second-order valence-corrected chi connectivity index (χ2v) is 9.52. The standard InChI is InChI=1S/C18H19Cl2F3N4O3S/c1-10(18(21,22)23)26-31(29,30)16-12-5-3-2-4-8-27(12)15(14(16)20)17(28)25-11-6-7-24-13(19)9-11/h6-7,9-10,26H,2-5,8H2,1H3,(H,24,25,28)/t10-/m1/s1. The van der Waals surface area contributed by atoms with Crippen molar-refractivity contribution in [3.05, 3.63) is 39.9 Å². The number of sulfonamides is 1. The van der Waals surface area contributed by atoms with Crippen molar-refractivity contribution < 1.29 is 26.4 Å². The summed E-state index contributed by atoms with van der Waals surface area (Å²) in [6.07, 6.45) is -1.12. The monoisotopic (exact) mass is 498 g/mol. The number of hydrogen-bond donors (Lipinski definition) is 2. The van der Waals surface area contributed by atoms with Crippen LogP contribution in [-0.4, -0.2) is 36.1 Å². The summed E-state index contributed by atoms with van der Waals surface area (Å²) in [4.78, 5) is 16.3. The number of anilines is 1. The minimum absolute atomic E-state index is 0.131. The Morgan fingerprint density at radius 3 is 2.61 bits per heavy atom. The first-order valence-electron chi connectivity index (χ1n) is 9.34. The highest BCUT2D eigenvalue weighted by Gasteiger charge is 2.41. The van der Waals surface area contributed by atoms with Gasteiger partial charge in [0.05, 0.1) is 5.02 Å². The zero-order valence-electron chi connectivity index (χ0n) is 16.3. The van der Waals surface area contributed by atoms with Crippen LogP contribution in [0.25, 0.3) is 0 Å². The molecular weight excluding hydrogens is 480 g/mol. The number of rotatable bonds is 5. The van der Waals surface area contributed by atoms with Crippen LogP contribution in [0.2, 0.25) is 10.2 Å². The first kappa shape index (κ1) is 23.8. The van der Waals surface area contributed by atoms with Crippen molar-refractivity contribution in [1.82, 2.24) is 14.3 Å². The number of halogens is 5. The van der Waals surface area contributed by atoms with Crippen LogP contribution in [0.4, 0.5) is 18.9 Å². The van der Waals surface area contributed by atoms with Crippen molar-refractivity contribution in [2.24, 2.45) is 0 Å². The van der Waals surface area contributed by atoms with E-state index in [-0.39, 0.29) is 23.0 Å². The minimum atomic E-state index is -4.78. The normalized spacial score (nSPS) is 15.8. The molecule has 2 N–H and O–H groups in total. The van der Waals surface area contributed by atoms with Crippen molar-refractivity contribution in [3.8, 4) is 0 Å². The van der Waals surface area contributed by atoms with Crippen LogP contribution >= 0.6 is 23.2 Å². The zero-order chi connectivity index (χ0) is 23.0. The average molecular weight is 499 g/mol. The third-order valence-corrected chi connectivity index (χ3v) is 7.18. The summed E-state index contributed by atoms with van der Waals surface area (Å²) in [6.45, 7) is 1.00. The largest absolute Gasteiger partial charge is 0.404 e. The van der Waals surface area contributed by atoms with E-state index in [0.29, 0.717) is 32.0 Å². The third kappa shape index (κ3) is 5.16. The maximum atomic E-state index is 13.0. The molecule has 1 aliphatic heterocycles. The van der Waals surface area contributed by atoms with Gasteiger partial charge in [-0.3, -0.25) is 4.79 Å². The highest BCUT2D eigenvalue weighted by molar-refractivity contribution is 7.89. The molecule has 13 heteroatoms. The lowest BCUT2D eigenvalue weighted by Gasteiger charge is -2.18. The minimum Gasteiger partial charge on any atom is -0.338 e. The molecule has 0 aliphatic carbocycles. The van der Waals surface area contributed by atoms with Gasteiger partial charge in [-0.15, -0.1) is 0 Å². The number of nitrogens with one attached hydrogen (secondary N) is 2. The number of amides is 1. The van der Waals surface area contributed by atoms with Crippen molar-refractivity contribution in [1.29, 1.82) is 0 Å². The third-order valence-electron chi connectivity index (χ3n) is 4.85. The van der Waals surface area contributed by atoms with E-state index in [2.05, 4.69) is 10.3 Å². The van der Waals surface area contributed by atoms with Gasteiger partial charge in [0.15, 0.2) is 0 Å². The predicted molar refractivity (Wildman–Crippen MR) is 110 cm³/mol. The molecule has 0 aromatic carbocycles. The number of carbonyl (C=O) groups is 1. The van der Waals surface area contributed by atoms with Crippen LogP contribution in [-0.2, 0) is 23.0 Å². The first-order valence-corrected chi connectivity index (χ1v) is 11.6. The Kier molecular flexibility index (Phi) is 6.90. The molecule has 1 atom stereocenters. The van der Waals surface area contributed by atoms with Gasteiger partial charge < -0.3 is 9.88 Å². The topological polar surface area (TPSA) is 93.1 Å². The molecule has 0 saturated heterocycles. The molecule has 0 unspecified atom stereocenters. The molecule has 3 rings (SSSR count). The number of nitrogens with zero attached hydrogens (tertiary/aromatic N) is 2. The molecule has 1 amide bonds. The fourth-order valence-corrected chi connectivity index (χ4v) is 5.72. The van der Waals surface area contributed by atoms with E-state index in [4.69, 9.17) is 23.2 Å². The molecule has 7 nitrogen and oxygen atoms in total. The Morgan fingerprint density at radius 2 is 1.97 bits per heavy atom. The van der Waals surface area contributed by atoms with E-state index in [0.717, 1.165) is 6.42 Å².